The maximum Gasteiger partial charge on any atom is 0.270 e. The van der Waals surface area contributed by atoms with Gasteiger partial charge in [-0.15, -0.1) is 0 Å². The molecule has 0 radical (unpaired) electrons. The van der Waals surface area contributed by atoms with Gasteiger partial charge in [-0.25, -0.2) is 0 Å². The summed E-state index contributed by atoms with van der Waals surface area (Å²) in [6.45, 7) is -0.221. The summed E-state index contributed by atoms with van der Waals surface area (Å²) in [5.41, 5.74) is 1.45. The molecule has 2 rings (SSSR count). The third-order valence-electron chi connectivity index (χ3n) is 2.14. The molecule has 0 saturated carbocycles. The average molecular weight is 220 g/mol. The first-order valence-corrected chi connectivity index (χ1v) is 4.51. The second-order valence-electron chi connectivity index (χ2n) is 3.15. The lowest BCUT2D eigenvalue weighted by molar-refractivity contribution is -0.384. The molecule has 6 heteroatoms. The van der Waals surface area contributed by atoms with Gasteiger partial charge in [0, 0.05) is 23.3 Å². The molecule has 0 aliphatic heterocycles. The molecule has 0 saturated heterocycles. The Hall–Kier alpha value is -2.21. The molecular weight excluding hydrogens is 212 g/mol. The Labute approximate surface area is 90.3 Å². The van der Waals surface area contributed by atoms with Crippen LogP contribution in [0, 0.1) is 10.1 Å². The first kappa shape index (κ1) is 10.3. The number of aromatic nitrogens is 1. The fraction of sp³-hybridized carbons (Fsp3) is 0.100. The lowest BCUT2D eigenvalue weighted by Gasteiger charge is -1.98. The van der Waals surface area contributed by atoms with Gasteiger partial charge in [0.1, 0.15) is 12.0 Å². The van der Waals surface area contributed by atoms with E-state index in [2.05, 4.69) is 5.16 Å². The largest absolute Gasteiger partial charge is 0.391 e. The Morgan fingerprint density at radius 2 is 2.31 bits per heavy atom. The minimum Gasteiger partial charge on any atom is -0.391 e. The van der Waals surface area contributed by atoms with Crippen molar-refractivity contribution in [2.75, 3.05) is 0 Å². The van der Waals surface area contributed by atoms with Crippen LogP contribution in [0.25, 0.3) is 11.3 Å². The lowest BCUT2D eigenvalue weighted by Crippen LogP contribution is -1.90. The predicted octanol–water partition coefficient (Wildman–Crippen LogP) is 1.74. The minimum absolute atomic E-state index is 0.0237. The number of nitro benzene ring substituents is 1. The van der Waals surface area contributed by atoms with Gasteiger partial charge in [-0.3, -0.25) is 10.1 Å². The molecule has 0 aliphatic rings. The van der Waals surface area contributed by atoms with E-state index < -0.39 is 4.92 Å². The molecule has 1 aromatic heterocycles. The molecule has 6 nitrogen and oxygen atoms in total. The molecule has 16 heavy (non-hydrogen) atoms. The Balaban J connectivity index is 2.48. The van der Waals surface area contributed by atoms with Crippen molar-refractivity contribution in [3.8, 4) is 11.3 Å². The van der Waals surface area contributed by atoms with Crippen LogP contribution in [-0.4, -0.2) is 15.2 Å². The van der Waals surface area contributed by atoms with Crippen molar-refractivity contribution in [1.82, 2.24) is 5.16 Å². The van der Waals surface area contributed by atoms with Crippen LogP contribution in [0.15, 0.2) is 35.1 Å². The fourth-order valence-corrected chi connectivity index (χ4v) is 1.37. The molecule has 0 amide bonds. The van der Waals surface area contributed by atoms with E-state index in [4.69, 9.17) is 9.63 Å². The van der Waals surface area contributed by atoms with E-state index in [1.165, 1.54) is 18.4 Å². The summed E-state index contributed by atoms with van der Waals surface area (Å²) in [7, 11) is 0. The topological polar surface area (TPSA) is 89.4 Å². The lowest BCUT2D eigenvalue weighted by atomic mass is 10.1. The third kappa shape index (κ3) is 1.78. The van der Waals surface area contributed by atoms with Crippen molar-refractivity contribution in [2.45, 2.75) is 6.61 Å². The van der Waals surface area contributed by atoms with Gasteiger partial charge in [0.2, 0.25) is 0 Å². The average Bonchev–Trinajstić information content (AvgIpc) is 2.77. The first-order chi connectivity index (χ1) is 7.72. The molecule has 1 heterocycles. The number of nitrogens with zero attached hydrogens (tertiary/aromatic N) is 2. The van der Waals surface area contributed by atoms with Crippen molar-refractivity contribution in [2.24, 2.45) is 0 Å². The van der Waals surface area contributed by atoms with E-state index in [9.17, 15) is 10.1 Å². The highest BCUT2D eigenvalue weighted by molar-refractivity contribution is 5.64. The van der Waals surface area contributed by atoms with Crippen molar-refractivity contribution < 1.29 is 14.6 Å². The van der Waals surface area contributed by atoms with Crippen molar-refractivity contribution in [3.05, 3.63) is 46.2 Å². The SMILES string of the molecule is O=[N+]([O-])c1cccc(-c2nocc2CO)c1. The molecule has 0 unspecified atom stereocenters. The second kappa shape index (κ2) is 4.11. The number of nitro groups is 1. The molecule has 0 bridgehead atoms. The van der Waals surface area contributed by atoms with Crippen LogP contribution in [0.5, 0.6) is 0 Å². The molecule has 2 aromatic rings. The summed E-state index contributed by atoms with van der Waals surface area (Å²) in [6, 6.07) is 6.01. The zero-order valence-electron chi connectivity index (χ0n) is 8.16. The molecule has 0 fully saturated rings. The summed E-state index contributed by atoms with van der Waals surface area (Å²) in [5, 5.41) is 23.3. The van der Waals surface area contributed by atoms with Crippen LogP contribution < -0.4 is 0 Å². The van der Waals surface area contributed by atoms with E-state index >= 15 is 0 Å². The smallest absolute Gasteiger partial charge is 0.270 e. The number of rotatable bonds is 3. The van der Waals surface area contributed by atoms with E-state index in [-0.39, 0.29) is 12.3 Å². The van der Waals surface area contributed by atoms with Crippen molar-refractivity contribution >= 4 is 5.69 Å². The fourth-order valence-electron chi connectivity index (χ4n) is 1.37. The first-order valence-electron chi connectivity index (χ1n) is 4.51. The van der Waals surface area contributed by atoms with Gasteiger partial charge in [-0.2, -0.15) is 0 Å². The number of aliphatic hydroxyl groups excluding tert-OH is 1. The van der Waals surface area contributed by atoms with Gasteiger partial charge in [0.05, 0.1) is 11.5 Å². The quantitative estimate of drug-likeness (QED) is 0.628. The van der Waals surface area contributed by atoms with E-state index in [1.807, 2.05) is 0 Å². The maximum atomic E-state index is 10.6. The Morgan fingerprint density at radius 1 is 1.50 bits per heavy atom. The zero-order chi connectivity index (χ0) is 11.5. The van der Waals surface area contributed by atoms with Crippen LogP contribution in [0.2, 0.25) is 0 Å². The normalized spacial score (nSPS) is 10.3. The van der Waals surface area contributed by atoms with Gasteiger partial charge >= 0.3 is 0 Å². The van der Waals surface area contributed by atoms with Crippen molar-refractivity contribution in [3.63, 3.8) is 0 Å². The summed E-state index contributed by atoms with van der Waals surface area (Å²) < 4.78 is 4.71. The molecule has 1 aromatic carbocycles. The Bertz CT molecular complexity index is 521. The van der Waals surface area contributed by atoms with Gasteiger partial charge in [-0.05, 0) is 0 Å². The summed E-state index contributed by atoms with van der Waals surface area (Å²) in [4.78, 5) is 10.1. The number of hydrogen-bond donors (Lipinski definition) is 1. The monoisotopic (exact) mass is 220 g/mol. The van der Waals surface area contributed by atoms with Crippen LogP contribution in [0.3, 0.4) is 0 Å². The van der Waals surface area contributed by atoms with Gasteiger partial charge < -0.3 is 9.63 Å². The minimum atomic E-state index is -0.484. The van der Waals surface area contributed by atoms with Crippen LogP contribution in [0.1, 0.15) is 5.56 Å². The second-order valence-corrected chi connectivity index (χ2v) is 3.15. The molecule has 0 atom stereocenters. The number of benzene rings is 1. The Kier molecular flexibility index (Phi) is 2.65. The number of hydrogen-bond acceptors (Lipinski definition) is 5. The van der Waals surface area contributed by atoms with Crippen molar-refractivity contribution in [1.29, 1.82) is 0 Å². The van der Waals surface area contributed by atoms with Gasteiger partial charge in [-0.1, -0.05) is 17.3 Å². The zero-order valence-corrected chi connectivity index (χ0v) is 8.16. The maximum absolute atomic E-state index is 10.6. The van der Waals surface area contributed by atoms with E-state index in [0.29, 0.717) is 16.8 Å². The van der Waals surface area contributed by atoms with E-state index in [0.717, 1.165) is 0 Å². The summed E-state index contributed by atoms with van der Waals surface area (Å²) in [6.07, 6.45) is 1.31. The van der Waals surface area contributed by atoms with Gasteiger partial charge in [0.15, 0.2) is 0 Å². The molecular formula is C10H8N2O4. The Morgan fingerprint density at radius 3 is 3.00 bits per heavy atom. The summed E-state index contributed by atoms with van der Waals surface area (Å²) in [5.74, 6) is 0. The molecule has 1 N–H and O–H groups in total. The van der Waals surface area contributed by atoms with E-state index in [1.54, 1.807) is 12.1 Å². The molecule has 0 aliphatic carbocycles. The van der Waals surface area contributed by atoms with Gasteiger partial charge in [0.25, 0.3) is 5.69 Å². The molecule has 0 spiro atoms. The van der Waals surface area contributed by atoms with Crippen LogP contribution in [0.4, 0.5) is 5.69 Å². The molecule has 82 valence electrons. The highest BCUT2D eigenvalue weighted by atomic mass is 16.6. The highest BCUT2D eigenvalue weighted by Gasteiger charge is 2.12. The predicted molar refractivity (Wildman–Crippen MR) is 54.5 cm³/mol. The highest BCUT2D eigenvalue weighted by Crippen LogP contribution is 2.25. The van der Waals surface area contributed by atoms with Crippen LogP contribution in [-0.2, 0) is 6.61 Å². The summed E-state index contributed by atoms with van der Waals surface area (Å²) >= 11 is 0. The van der Waals surface area contributed by atoms with Crippen LogP contribution >= 0.6 is 0 Å². The third-order valence-corrected chi connectivity index (χ3v) is 2.14. The number of non-ortho nitro benzene ring substituents is 1. The number of aliphatic hydroxyl groups is 1. The standard InChI is InChI=1S/C10H8N2O4/c13-5-8-6-16-11-10(8)7-2-1-3-9(4-7)12(14)15/h1-4,6,13H,5H2.